The Balaban J connectivity index is 2.20. The van der Waals surface area contributed by atoms with Crippen molar-refractivity contribution < 1.29 is 9.53 Å². The second-order valence-corrected chi connectivity index (χ2v) is 6.62. The summed E-state index contributed by atoms with van der Waals surface area (Å²) in [4.78, 5) is 12.6. The molecule has 0 fully saturated rings. The quantitative estimate of drug-likeness (QED) is 0.630. The van der Waals surface area contributed by atoms with E-state index in [0.29, 0.717) is 11.1 Å². The van der Waals surface area contributed by atoms with Gasteiger partial charge in [-0.3, -0.25) is 4.79 Å². The first-order valence-electron chi connectivity index (χ1n) is 6.05. The monoisotopic (exact) mass is 346 g/mol. The van der Waals surface area contributed by atoms with Crippen molar-refractivity contribution in [1.82, 2.24) is 0 Å². The van der Waals surface area contributed by atoms with Gasteiger partial charge >= 0.3 is 0 Å². The largest absolute Gasteiger partial charge is 0.496 e. The topological polar surface area (TPSA) is 26.3 Å². The molecule has 100 valence electrons. The molecule has 0 aliphatic rings. The molecule has 3 aromatic rings. The SMILES string of the molecule is COc1ccc(C(=O)c2csc(Br)c2)c2ccccc12. The van der Waals surface area contributed by atoms with Gasteiger partial charge in [-0.2, -0.15) is 0 Å². The minimum absolute atomic E-state index is 0.0332. The number of hydrogen-bond acceptors (Lipinski definition) is 3. The average Bonchev–Trinajstić information content (AvgIpc) is 2.92. The summed E-state index contributed by atoms with van der Waals surface area (Å²) in [5.41, 5.74) is 1.41. The van der Waals surface area contributed by atoms with E-state index in [-0.39, 0.29) is 5.78 Å². The zero-order valence-electron chi connectivity index (χ0n) is 10.7. The first kappa shape index (κ1) is 13.3. The summed E-state index contributed by atoms with van der Waals surface area (Å²) in [6.45, 7) is 0. The molecule has 0 atom stereocenters. The zero-order chi connectivity index (χ0) is 14.1. The molecule has 0 amide bonds. The van der Waals surface area contributed by atoms with Crippen LogP contribution in [0.25, 0.3) is 10.8 Å². The molecule has 0 aliphatic heterocycles. The number of thiophene rings is 1. The normalized spacial score (nSPS) is 10.7. The van der Waals surface area contributed by atoms with Crippen molar-refractivity contribution in [2.75, 3.05) is 7.11 Å². The van der Waals surface area contributed by atoms with Gasteiger partial charge in [-0.1, -0.05) is 24.3 Å². The van der Waals surface area contributed by atoms with Crippen LogP contribution in [0.4, 0.5) is 0 Å². The van der Waals surface area contributed by atoms with Gasteiger partial charge in [0.2, 0.25) is 0 Å². The summed E-state index contributed by atoms with van der Waals surface area (Å²) in [7, 11) is 1.64. The summed E-state index contributed by atoms with van der Waals surface area (Å²) >= 11 is 4.90. The number of fused-ring (bicyclic) bond motifs is 1. The number of ether oxygens (including phenoxy) is 1. The summed E-state index contributed by atoms with van der Waals surface area (Å²) in [6, 6.07) is 13.3. The second-order valence-electron chi connectivity index (χ2n) is 4.33. The van der Waals surface area contributed by atoms with Crippen molar-refractivity contribution in [3.8, 4) is 5.75 Å². The Labute approximate surface area is 129 Å². The van der Waals surface area contributed by atoms with Gasteiger partial charge in [0.05, 0.1) is 10.9 Å². The molecule has 4 heteroatoms. The van der Waals surface area contributed by atoms with E-state index in [2.05, 4.69) is 15.9 Å². The third kappa shape index (κ3) is 2.25. The summed E-state index contributed by atoms with van der Waals surface area (Å²) in [5.74, 6) is 0.814. The number of benzene rings is 2. The van der Waals surface area contributed by atoms with Crippen molar-refractivity contribution >= 4 is 43.8 Å². The van der Waals surface area contributed by atoms with Gasteiger partial charge in [0.1, 0.15) is 5.75 Å². The maximum atomic E-state index is 12.6. The van der Waals surface area contributed by atoms with E-state index in [1.807, 2.05) is 47.8 Å². The van der Waals surface area contributed by atoms with Gasteiger partial charge in [-0.25, -0.2) is 0 Å². The van der Waals surface area contributed by atoms with Crippen molar-refractivity contribution in [2.24, 2.45) is 0 Å². The standard InChI is InChI=1S/C16H11BrO2S/c1-19-14-7-6-13(11-4-2-3-5-12(11)14)16(18)10-8-15(17)20-9-10/h2-9H,1H3. The van der Waals surface area contributed by atoms with Crippen molar-refractivity contribution in [2.45, 2.75) is 0 Å². The van der Waals surface area contributed by atoms with Gasteiger partial charge in [0, 0.05) is 21.9 Å². The van der Waals surface area contributed by atoms with E-state index >= 15 is 0 Å². The van der Waals surface area contributed by atoms with Crippen LogP contribution in [0.1, 0.15) is 15.9 Å². The van der Waals surface area contributed by atoms with Crippen LogP contribution in [-0.4, -0.2) is 12.9 Å². The highest BCUT2D eigenvalue weighted by Gasteiger charge is 2.15. The van der Waals surface area contributed by atoms with Gasteiger partial charge < -0.3 is 4.74 Å². The Hall–Kier alpha value is -1.65. The lowest BCUT2D eigenvalue weighted by molar-refractivity contribution is 0.104. The number of methoxy groups -OCH3 is 1. The van der Waals surface area contributed by atoms with Gasteiger partial charge in [-0.15, -0.1) is 11.3 Å². The average molecular weight is 347 g/mol. The van der Waals surface area contributed by atoms with Gasteiger partial charge in [-0.05, 0) is 39.5 Å². The molecule has 0 radical (unpaired) electrons. The van der Waals surface area contributed by atoms with Crippen LogP contribution in [0.3, 0.4) is 0 Å². The summed E-state index contributed by atoms with van der Waals surface area (Å²) in [5, 5.41) is 3.74. The van der Waals surface area contributed by atoms with E-state index < -0.39 is 0 Å². The fraction of sp³-hybridized carbons (Fsp3) is 0.0625. The molecule has 20 heavy (non-hydrogen) atoms. The Kier molecular flexibility index (Phi) is 3.59. The Morgan fingerprint density at radius 3 is 2.55 bits per heavy atom. The maximum absolute atomic E-state index is 12.6. The molecule has 0 saturated carbocycles. The lowest BCUT2D eigenvalue weighted by atomic mass is 9.98. The summed E-state index contributed by atoms with van der Waals surface area (Å²) in [6.07, 6.45) is 0. The molecule has 1 heterocycles. The van der Waals surface area contributed by atoms with Crippen molar-refractivity contribution in [3.63, 3.8) is 0 Å². The minimum atomic E-state index is 0.0332. The number of ketones is 1. The van der Waals surface area contributed by atoms with Crippen LogP contribution in [0.5, 0.6) is 5.75 Å². The molecular formula is C16H11BrO2S. The van der Waals surface area contributed by atoms with Crippen LogP contribution < -0.4 is 4.74 Å². The molecule has 2 aromatic carbocycles. The number of carbonyl (C=O) groups excluding carboxylic acids is 1. The lowest BCUT2D eigenvalue weighted by Crippen LogP contribution is -2.01. The minimum Gasteiger partial charge on any atom is -0.496 e. The Bertz CT molecular complexity index is 792. The highest BCUT2D eigenvalue weighted by Crippen LogP contribution is 2.31. The Morgan fingerprint density at radius 1 is 1.15 bits per heavy atom. The van der Waals surface area contributed by atoms with Crippen LogP contribution in [0.2, 0.25) is 0 Å². The van der Waals surface area contributed by atoms with E-state index in [1.54, 1.807) is 7.11 Å². The molecule has 0 unspecified atom stereocenters. The molecular weight excluding hydrogens is 336 g/mol. The number of hydrogen-bond donors (Lipinski definition) is 0. The van der Waals surface area contributed by atoms with Crippen LogP contribution in [0, 0.1) is 0 Å². The predicted octanol–water partition coefficient (Wildman–Crippen LogP) is 4.90. The fourth-order valence-electron chi connectivity index (χ4n) is 2.23. The maximum Gasteiger partial charge on any atom is 0.194 e. The second kappa shape index (κ2) is 5.38. The third-order valence-corrected chi connectivity index (χ3v) is 4.68. The summed E-state index contributed by atoms with van der Waals surface area (Å²) < 4.78 is 6.31. The molecule has 0 bridgehead atoms. The molecule has 0 saturated heterocycles. The van der Waals surface area contributed by atoms with Gasteiger partial charge in [0.15, 0.2) is 5.78 Å². The number of rotatable bonds is 3. The molecule has 2 nitrogen and oxygen atoms in total. The highest BCUT2D eigenvalue weighted by atomic mass is 79.9. The first-order chi connectivity index (χ1) is 9.70. The molecule has 0 N–H and O–H groups in total. The van der Waals surface area contributed by atoms with E-state index in [9.17, 15) is 4.79 Å². The first-order valence-corrected chi connectivity index (χ1v) is 7.72. The van der Waals surface area contributed by atoms with Gasteiger partial charge in [0.25, 0.3) is 0 Å². The van der Waals surface area contributed by atoms with E-state index in [4.69, 9.17) is 4.74 Å². The zero-order valence-corrected chi connectivity index (χ0v) is 13.1. The highest BCUT2D eigenvalue weighted by molar-refractivity contribution is 9.11. The number of halogens is 1. The molecule has 1 aromatic heterocycles. The van der Waals surface area contributed by atoms with Crippen molar-refractivity contribution in [3.05, 3.63) is 62.8 Å². The van der Waals surface area contributed by atoms with Crippen LogP contribution in [-0.2, 0) is 0 Å². The predicted molar refractivity (Wildman–Crippen MR) is 86.0 cm³/mol. The molecule has 0 aliphatic carbocycles. The lowest BCUT2D eigenvalue weighted by Gasteiger charge is -2.09. The molecule has 0 spiro atoms. The Morgan fingerprint density at radius 2 is 1.90 bits per heavy atom. The van der Waals surface area contributed by atoms with E-state index in [1.165, 1.54) is 11.3 Å². The third-order valence-electron chi connectivity index (χ3n) is 3.18. The van der Waals surface area contributed by atoms with E-state index in [0.717, 1.165) is 20.3 Å². The van der Waals surface area contributed by atoms with Crippen LogP contribution in [0.15, 0.2) is 51.6 Å². The molecule has 3 rings (SSSR count). The smallest absolute Gasteiger partial charge is 0.194 e. The number of carbonyl (C=O) groups is 1. The van der Waals surface area contributed by atoms with Crippen molar-refractivity contribution in [1.29, 1.82) is 0 Å². The van der Waals surface area contributed by atoms with Crippen LogP contribution >= 0.6 is 27.3 Å². The fourth-order valence-corrected chi connectivity index (χ4v) is 3.37.